The predicted octanol–water partition coefficient (Wildman–Crippen LogP) is 2.39. The maximum atomic E-state index is 11.4. The van der Waals surface area contributed by atoms with Crippen LogP contribution in [0.5, 0.6) is 0 Å². The molecule has 2 rings (SSSR count). The molecule has 0 saturated heterocycles. The number of anilines is 1. The zero-order valence-electron chi connectivity index (χ0n) is 11.2. The molecule has 1 aromatic carbocycles. The van der Waals surface area contributed by atoms with Gasteiger partial charge in [-0.05, 0) is 24.6 Å². The molecule has 0 radical (unpaired) electrons. The van der Waals surface area contributed by atoms with E-state index in [2.05, 4.69) is 16.4 Å². The lowest BCUT2D eigenvalue weighted by Crippen LogP contribution is -2.18. The summed E-state index contributed by atoms with van der Waals surface area (Å²) in [5.41, 5.74) is 1.93. The highest BCUT2D eigenvalue weighted by molar-refractivity contribution is 7.91. The minimum atomic E-state index is -2.94. The van der Waals surface area contributed by atoms with Gasteiger partial charge in [-0.2, -0.15) is 0 Å². The summed E-state index contributed by atoms with van der Waals surface area (Å²) in [5.74, 6) is 1.07. The van der Waals surface area contributed by atoms with Crippen molar-refractivity contribution in [1.82, 2.24) is 4.98 Å². The average Bonchev–Trinajstić information content (AvgIpc) is 2.39. The average molecular weight is 278 g/mol. The Kier molecular flexibility index (Phi) is 4.04. The SMILES string of the molecule is CCS(=O)(=O)CCNc1nc2ccccc2cc1C. The molecular weight excluding hydrogens is 260 g/mol. The van der Waals surface area contributed by atoms with Gasteiger partial charge in [0, 0.05) is 17.7 Å². The van der Waals surface area contributed by atoms with Crippen LogP contribution in [0.2, 0.25) is 0 Å². The molecule has 102 valence electrons. The van der Waals surface area contributed by atoms with E-state index in [0.717, 1.165) is 22.3 Å². The summed E-state index contributed by atoms with van der Waals surface area (Å²) in [4.78, 5) is 4.51. The molecule has 4 nitrogen and oxygen atoms in total. The molecule has 0 bridgehead atoms. The Morgan fingerprint density at radius 1 is 1.26 bits per heavy atom. The van der Waals surface area contributed by atoms with Gasteiger partial charge in [-0.1, -0.05) is 25.1 Å². The van der Waals surface area contributed by atoms with Crippen molar-refractivity contribution in [3.8, 4) is 0 Å². The highest BCUT2D eigenvalue weighted by Crippen LogP contribution is 2.19. The van der Waals surface area contributed by atoms with Crippen molar-refractivity contribution in [1.29, 1.82) is 0 Å². The van der Waals surface area contributed by atoms with Gasteiger partial charge in [-0.3, -0.25) is 0 Å². The lowest BCUT2D eigenvalue weighted by Gasteiger charge is -2.10. The topological polar surface area (TPSA) is 59.1 Å². The van der Waals surface area contributed by atoms with Crippen LogP contribution < -0.4 is 5.32 Å². The monoisotopic (exact) mass is 278 g/mol. The van der Waals surface area contributed by atoms with Gasteiger partial charge in [0.2, 0.25) is 0 Å². The number of sulfone groups is 1. The number of rotatable bonds is 5. The summed E-state index contributed by atoms with van der Waals surface area (Å²) >= 11 is 0. The molecule has 1 heterocycles. The number of hydrogen-bond acceptors (Lipinski definition) is 4. The van der Waals surface area contributed by atoms with E-state index in [-0.39, 0.29) is 11.5 Å². The van der Waals surface area contributed by atoms with E-state index >= 15 is 0 Å². The first-order valence-electron chi connectivity index (χ1n) is 6.32. The number of benzene rings is 1. The van der Waals surface area contributed by atoms with Gasteiger partial charge < -0.3 is 5.32 Å². The molecule has 0 aliphatic carbocycles. The second-order valence-electron chi connectivity index (χ2n) is 4.51. The van der Waals surface area contributed by atoms with Crippen molar-refractivity contribution < 1.29 is 8.42 Å². The second kappa shape index (κ2) is 5.57. The van der Waals surface area contributed by atoms with Crippen LogP contribution in [0.25, 0.3) is 10.9 Å². The van der Waals surface area contributed by atoms with Crippen molar-refractivity contribution in [2.75, 3.05) is 23.4 Å². The molecule has 1 aromatic heterocycles. The van der Waals surface area contributed by atoms with Crippen LogP contribution in [0.3, 0.4) is 0 Å². The van der Waals surface area contributed by atoms with Crippen LogP contribution in [0.15, 0.2) is 30.3 Å². The Morgan fingerprint density at radius 3 is 2.74 bits per heavy atom. The lowest BCUT2D eigenvalue weighted by atomic mass is 10.1. The summed E-state index contributed by atoms with van der Waals surface area (Å²) in [5, 5.41) is 4.19. The normalized spacial score (nSPS) is 11.7. The summed E-state index contributed by atoms with van der Waals surface area (Å²) < 4.78 is 22.9. The Balaban J connectivity index is 2.15. The molecule has 1 N–H and O–H groups in total. The first-order valence-corrected chi connectivity index (χ1v) is 8.14. The number of pyridine rings is 1. The first kappa shape index (κ1) is 13.8. The van der Waals surface area contributed by atoms with Gasteiger partial charge in [0.05, 0.1) is 11.3 Å². The number of para-hydroxylation sites is 1. The smallest absolute Gasteiger partial charge is 0.151 e. The maximum absolute atomic E-state index is 11.4. The van der Waals surface area contributed by atoms with E-state index in [0.29, 0.717) is 6.54 Å². The van der Waals surface area contributed by atoms with Gasteiger partial charge in [0.25, 0.3) is 0 Å². The van der Waals surface area contributed by atoms with Crippen LogP contribution in [0.4, 0.5) is 5.82 Å². The fourth-order valence-corrected chi connectivity index (χ4v) is 2.57. The van der Waals surface area contributed by atoms with Crippen molar-refractivity contribution in [3.63, 3.8) is 0 Å². The summed E-state index contributed by atoms with van der Waals surface area (Å²) in [6.45, 7) is 4.02. The highest BCUT2D eigenvalue weighted by atomic mass is 32.2. The zero-order chi connectivity index (χ0) is 13.9. The number of hydrogen-bond donors (Lipinski definition) is 1. The molecule has 0 unspecified atom stereocenters. The van der Waals surface area contributed by atoms with E-state index in [4.69, 9.17) is 0 Å². The van der Waals surface area contributed by atoms with Crippen molar-refractivity contribution in [3.05, 3.63) is 35.9 Å². The molecule has 0 amide bonds. The van der Waals surface area contributed by atoms with Crippen molar-refractivity contribution in [2.45, 2.75) is 13.8 Å². The van der Waals surface area contributed by atoms with Crippen LogP contribution in [0, 0.1) is 6.92 Å². The Labute approximate surface area is 113 Å². The molecule has 2 aromatic rings. The molecule has 0 aliphatic rings. The third kappa shape index (κ3) is 3.44. The van der Waals surface area contributed by atoms with E-state index in [1.165, 1.54) is 0 Å². The number of fused-ring (bicyclic) bond motifs is 1. The number of aryl methyl sites for hydroxylation is 1. The first-order chi connectivity index (χ1) is 9.02. The van der Waals surface area contributed by atoms with E-state index in [1.807, 2.05) is 31.2 Å². The standard InChI is InChI=1S/C14H18N2O2S/c1-3-19(17,18)9-8-15-14-11(2)10-12-6-4-5-7-13(12)16-14/h4-7,10H,3,8-9H2,1-2H3,(H,15,16). The van der Waals surface area contributed by atoms with Gasteiger partial charge in [-0.15, -0.1) is 0 Å². The van der Waals surface area contributed by atoms with Crippen LogP contribution in [-0.4, -0.2) is 31.5 Å². The molecule has 0 aliphatic heterocycles. The van der Waals surface area contributed by atoms with Crippen LogP contribution in [0.1, 0.15) is 12.5 Å². The molecule has 0 atom stereocenters. The Bertz CT molecular complexity index is 681. The molecule has 0 fully saturated rings. The summed E-state index contributed by atoms with van der Waals surface area (Å²) in [6.07, 6.45) is 0. The summed E-state index contributed by atoms with van der Waals surface area (Å²) in [7, 11) is -2.94. The van der Waals surface area contributed by atoms with E-state index in [1.54, 1.807) is 6.92 Å². The van der Waals surface area contributed by atoms with Crippen LogP contribution >= 0.6 is 0 Å². The minimum absolute atomic E-state index is 0.136. The van der Waals surface area contributed by atoms with E-state index in [9.17, 15) is 8.42 Å². The molecule has 19 heavy (non-hydrogen) atoms. The predicted molar refractivity (Wildman–Crippen MR) is 79.3 cm³/mol. The number of nitrogens with one attached hydrogen (secondary N) is 1. The second-order valence-corrected chi connectivity index (χ2v) is 6.98. The van der Waals surface area contributed by atoms with Gasteiger partial charge in [0.1, 0.15) is 5.82 Å². The maximum Gasteiger partial charge on any atom is 0.151 e. The lowest BCUT2D eigenvalue weighted by molar-refractivity contribution is 0.597. The third-order valence-electron chi connectivity index (χ3n) is 3.06. The molecule has 0 spiro atoms. The fraction of sp³-hybridized carbons (Fsp3) is 0.357. The van der Waals surface area contributed by atoms with Gasteiger partial charge >= 0.3 is 0 Å². The number of nitrogens with zero attached hydrogens (tertiary/aromatic N) is 1. The largest absolute Gasteiger partial charge is 0.369 e. The quantitative estimate of drug-likeness (QED) is 0.912. The zero-order valence-corrected chi connectivity index (χ0v) is 12.0. The van der Waals surface area contributed by atoms with E-state index < -0.39 is 9.84 Å². The molecular formula is C14H18N2O2S. The Hall–Kier alpha value is -1.62. The Morgan fingerprint density at radius 2 is 2.00 bits per heavy atom. The van der Waals surface area contributed by atoms with Gasteiger partial charge in [-0.25, -0.2) is 13.4 Å². The highest BCUT2D eigenvalue weighted by Gasteiger charge is 2.08. The van der Waals surface area contributed by atoms with Crippen molar-refractivity contribution >= 4 is 26.6 Å². The van der Waals surface area contributed by atoms with Crippen LogP contribution in [-0.2, 0) is 9.84 Å². The summed E-state index contributed by atoms with van der Waals surface area (Å²) in [6, 6.07) is 9.93. The molecule has 5 heteroatoms. The van der Waals surface area contributed by atoms with Crippen molar-refractivity contribution in [2.24, 2.45) is 0 Å². The third-order valence-corrected chi connectivity index (χ3v) is 4.77. The fourth-order valence-electron chi connectivity index (χ4n) is 1.87. The molecule has 0 saturated carbocycles. The van der Waals surface area contributed by atoms with Gasteiger partial charge in [0.15, 0.2) is 9.84 Å². The number of aromatic nitrogens is 1. The minimum Gasteiger partial charge on any atom is -0.369 e.